The highest BCUT2D eigenvalue weighted by Crippen LogP contribution is 2.15. The van der Waals surface area contributed by atoms with Gasteiger partial charge >= 0.3 is 22.2 Å². The number of anilines is 1. The Balaban J connectivity index is 3.34. The quantitative estimate of drug-likeness (QED) is 0.0300. The van der Waals surface area contributed by atoms with Gasteiger partial charge in [0, 0.05) is 11.9 Å². The topological polar surface area (TPSA) is 324 Å². The minimum absolute atomic E-state index is 0.00581. The van der Waals surface area contributed by atoms with Crippen molar-refractivity contribution in [3.05, 3.63) is 11.1 Å². The summed E-state index contributed by atoms with van der Waals surface area (Å²) in [6.45, 7) is 3.41. The summed E-state index contributed by atoms with van der Waals surface area (Å²) in [5, 5.41) is 27.9. The Kier molecular flexibility index (Phi) is 12.2. The number of carbonyl (C=O) groups excluding carboxylic acids is 2. The number of hydrogen-bond donors (Lipinski definition) is 9. The van der Waals surface area contributed by atoms with Crippen LogP contribution in [0.25, 0.3) is 0 Å². The van der Waals surface area contributed by atoms with Crippen LogP contribution in [0.2, 0.25) is 0 Å². The first-order valence-electron chi connectivity index (χ1n) is 11.2. The number of carbonyl (C=O) groups is 4. The minimum atomic E-state index is -4.90. The number of nitrogens with two attached hydrogens (primary N) is 3. The number of aliphatic imine (C=N–C) groups is 1. The number of nitrogens with zero attached hydrogens (tertiary/aromatic N) is 3. The first-order chi connectivity index (χ1) is 18.3. The molecule has 0 bridgehead atoms. The zero-order valence-electron chi connectivity index (χ0n) is 21.5. The molecule has 1 rings (SSSR count). The van der Waals surface area contributed by atoms with Crippen LogP contribution in [0.3, 0.4) is 0 Å². The summed E-state index contributed by atoms with van der Waals surface area (Å²) in [5.41, 5.74) is 13.3. The van der Waals surface area contributed by atoms with Crippen molar-refractivity contribution in [2.24, 2.45) is 21.6 Å². The SMILES string of the molecule is C[C@H](NS(=O)(=O)O)[C@@H](NC(=O)/C(=N\OC(C)(C)C(=O)O)c1csc(N)n1)C(=O)N[C@@H](CCCN=C(N)N)C(=O)O. The maximum absolute atomic E-state index is 13.2. The van der Waals surface area contributed by atoms with Gasteiger partial charge in [0.25, 0.3) is 5.91 Å². The number of thiazole rings is 1. The Morgan fingerprint density at radius 1 is 1.20 bits per heavy atom. The van der Waals surface area contributed by atoms with Gasteiger partial charge in [0.2, 0.25) is 11.5 Å². The largest absolute Gasteiger partial charge is 0.480 e. The highest BCUT2D eigenvalue weighted by Gasteiger charge is 2.35. The lowest BCUT2D eigenvalue weighted by Gasteiger charge is -2.26. The second-order valence-electron chi connectivity index (χ2n) is 8.60. The van der Waals surface area contributed by atoms with Crippen LogP contribution in [0, 0.1) is 0 Å². The van der Waals surface area contributed by atoms with E-state index in [1.165, 1.54) is 5.38 Å². The van der Waals surface area contributed by atoms with E-state index in [0.29, 0.717) is 0 Å². The van der Waals surface area contributed by atoms with Crippen LogP contribution in [0.5, 0.6) is 0 Å². The lowest BCUT2D eigenvalue weighted by molar-refractivity contribution is -0.161. The molecule has 0 unspecified atom stereocenters. The number of nitrogens with one attached hydrogen (secondary N) is 3. The Bertz CT molecular complexity index is 1260. The molecule has 3 atom stereocenters. The van der Waals surface area contributed by atoms with Crippen LogP contribution in [0.1, 0.15) is 39.3 Å². The van der Waals surface area contributed by atoms with Gasteiger partial charge in [-0.3, -0.25) is 19.1 Å². The summed E-state index contributed by atoms with van der Waals surface area (Å²) < 4.78 is 33.7. The van der Waals surface area contributed by atoms with Gasteiger partial charge in [0.15, 0.2) is 16.8 Å². The fourth-order valence-corrected chi connectivity index (χ4v) is 3.91. The van der Waals surface area contributed by atoms with Crippen LogP contribution in [0.15, 0.2) is 15.5 Å². The second-order valence-corrected chi connectivity index (χ2v) is 10.7. The predicted molar refractivity (Wildman–Crippen MR) is 141 cm³/mol. The van der Waals surface area contributed by atoms with E-state index in [0.717, 1.165) is 32.1 Å². The third kappa shape index (κ3) is 11.3. The van der Waals surface area contributed by atoms with Crippen LogP contribution < -0.4 is 32.6 Å². The molecule has 0 radical (unpaired) electrons. The molecular formula is C19H31N9O10S2. The molecule has 0 aliphatic carbocycles. The van der Waals surface area contributed by atoms with Crippen molar-refractivity contribution >= 4 is 62.2 Å². The molecule has 1 aromatic heterocycles. The molecule has 0 saturated heterocycles. The molecule has 224 valence electrons. The van der Waals surface area contributed by atoms with Crippen molar-refractivity contribution < 1.29 is 47.2 Å². The molecule has 21 heteroatoms. The van der Waals surface area contributed by atoms with Gasteiger partial charge < -0.3 is 42.9 Å². The van der Waals surface area contributed by atoms with E-state index < -0.39 is 63.5 Å². The smallest absolute Gasteiger partial charge is 0.350 e. The monoisotopic (exact) mass is 609 g/mol. The Hall–Kier alpha value is -4.08. The van der Waals surface area contributed by atoms with Crippen molar-refractivity contribution in [3.8, 4) is 0 Å². The van der Waals surface area contributed by atoms with Crippen molar-refractivity contribution in [3.63, 3.8) is 0 Å². The highest BCUT2D eigenvalue weighted by molar-refractivity contribution is 7.83. The van der Waals surface area contributed by atoms with Gasteiger partial charge in [0.1, 0.15) is 17.8 Å². The maximum atomic E-state index is 13.2. The van der Waals surface area contributed by atoms with Gasteiger partial charge in [-0.15, -0.1) is 11.3 Å². The molecule has 0 saturated carbocycles. The van der Waals surface area contributed by atoms with Gasteiger partial charge in [-0.05, 0) is 33.6 Å². The third-order valence-electron chi connectivity index (χ3n) is 4.82. The zero-order valence-corrected chi connectivity index (χ0v) is 23.2. The Morgan fingerprint density at radius 3 is 2.30 bits per heavy atom. The summed E-state index contributed by atoms with van der Waals surface area (Å²) in [6, 6.07) is -4.90. The fourth-order valence-electron chi connectivity index (χ4n) is 2.75. The van der Waals surface area contributed by atoms with E-state index in [-0.39, 0.29) is 36.2 Å². The molecule has 40 heavy (non-hydrogen) atoms. The maximum Gasteiger partial charge on any atom is 0.350 e. The van der Waals surface area contributed by atoms with E-state index in [4.69, 9.17) is 22.0 Å². The second kappa shape index (κ2) is 14.3. The van der Waals surface area contributed by atoms with Gasteiger partial charge in [-0.25, -0.2) is 14.6 Å². The molecule has 19 nitrogen and oxygen atoms in total. The van der Waals surface area contributed by atoms with Crippen LogP contribution in [-0.4, -0.2) is 93.9 Å². The standard InChI is InChI=1S/C19H31N9O10S2/c1-8(28-40(35,36)37)11(13(29)24-9(15(31)32)5-4-6-23-17(20)21)26-14(30)12(10-7-39-18(22)25-10)27-38-19(2,3)16(33)34/h7-9,11,28H,4-6H2,1-3H3,(H2,22,25)(H,24,29)(H,26,30)(H,31,32)(H,33,34)(H4,20,21,23)(H,35,36,37)/b27-12-/t8-,9-,11+/m0/s1. The number of aliphatic carboxylic acids is 2. The average molecular weight is 610 g/mol. The number of amides is 2. The van der Waals surface area contributed by atoms with E-state index in [1.54, 1.807) is 4.72 Å². The molecule has 1 aromatic rings. The minimum Gasteiger partial charge on any atom is -0.480 e. The first kappa shape index (κ1) is 33.9. The van der Waals surface area contributed by atoms with Crippen molar-refractivity contribution in [2.75, 3.05) is 12.3 Å². The normalized spacial score (nSPS) is 14.3. The van der Waals surface area contributed by atoms with Crippen molar-refractivity contribution in [1.29, 1.82) is 0 Å². The summed E-state index contributed by atoms with van der Waals surface area (Å²) in [4.78, 5) is 61.9. The van der Waals surface area contributed by atoms with E-state index in [9.17, 15) is 42.4 Å². The number of oxime groups is 1. The Labute approximate surface area is 232 Å². The molecular weight excluding hydrogens is 578 g/mol. The molecule has 0 aliphatic rings. The van der Waals surface area contributed by atoms with Gasteiger partial charge in [-0.1, -0.05) is 5.16 Å². The van der Waals surface area contributed by atoms with Gasteiger partial charge in [0.05, 0.1) is 6.04 Å². The van der Waals surface area contributed by atoms with Crippen LogP contribution in [0.4, 0.5) is 5.13 Å². The number of nitrogen functional groups attached to an aromatic ring is 1. The molecule has 2 amide bonds. The molecule has 1 heterocycles. The van der Waals surface area contributed by atoms with Crippen LogP contribution in [-0.2, 0) is 34.3 Å². The first-order valence-corrected chi connectivity index (χ1v) is 13.5. The average Bonchev–Trinajstić information content (AvgIpc) is 3.23. The molecule has 12 N–H and O–H groups in total. The van der Waals surface area contributed by atoms with Gasteiger partial charge in [-0.2, -0.15) is 13.1 Å². The summed E-state index contributed by atoms with van der Waals surface area (Å²) in [6.07, 6.45) is -0.0225. The summed E-state index contributed by atoms with van der Waals surface area (Å²) in [7, 11) is -4.90. The molecule has 0 spiro atoms. The predicted octanol–water partition coefficient (Wildman–Crippen LogP) is -2.80. The van der Waals surface area contributed by atoms with Crippen molar-refractivity contribution in [2.45, 2.75) is 57.3 Å². The molecule has 0 aliphatic heterocycles. The van der Waals surface area contributed by atoms with E-state index in [1.807, 2.05) is 0 Å². The number of carboxylic acid groups (broad SMARTS) is 2. The number of rotatable bonds is 16. The fraction of sp³-hybridized carbons (Fsp3) is 0.526. The number of aromatic nitrogens is 1. The highest BCUT2D eigenvalue weighted by atomic mass is 32.2. The molecule has 0 aromatic carbocycles. The third-order valence-corrected chi connectivity index (χ3v) is 6.17. The summed E-state index contributed by atoms with van der Waals surface area (Å²) in [5.74, 6) is -5.50. The summed E-state index contributed by atoms with van der Waals surface area (Å²) >= 11 is 0.892. The van der Waals surface area contributed by atoms with E-state index in [2.05, 4.69) is 25.8 Å². The number of guanidine groups is 1. The van der Waals surface area contributed by atoms with E-state index >= 15 is 0 Å². The number of carboxylic acids is 2. The molecule has 0 fully saturated rings. The van der Waals surface area contributed by atoms with Crippen LogP contribution >= 0.6 is 11.3 Å². The lowest BCUT2D eigenvalue weighted by atomic mass is 10.1. The zero-order chi connectivity index (χ0) is 30.8. The number of hydrogen-bond acceptors (Lipinski definition) is 12. The lowest BCUT2D eigenvalue weighted by Crippen LogP contribution is -2.60. The van der Waals surface area contributed by atoms with Crippen molar-refractivity contribution in [1.82, 2.24) is 20.3 Å². The Morgan fingerprint density at radius 2 is 1.82 bits per heavy atom.